The first-order valence-electron chi connectivity index (χ1n) is 7.87. The molecular formula is C16H19N5O5S. The van der Waals surface area contributed by atoms with Crippen molar-refractivity contribution >= 4 is 33.7 Å². The number of hydrogen-bond donors (Lipinski definition) is 3. The van der Waals surface area contributed by atoms with Gasteiger partial charge in [0.2, 0.25) is 11.8 Å². The van der Waals surface area contributed by atoms with Gasteiger partial charge in [-0.3, -0.25) is 14.8 Å². The molecule has 1 heterocycles. The zero-order valence-corrected chi connectivity index (χ0v) is 15.8. The number of ketones is 1. The zero-order valence-electron chi connectivity index (χ0n) is 14.9. The van der Waals surface area contributed by atoms with Gasteiger partial charge in [0.25, 0.3) is 0 Å². The number of rotatable bonds is 7. The number of aryl methyl sites for hydroxylation is 1. The molecule has 10 nitrogen and oxygen atoms in total. The molecule has 2 aromatic rings. The summed E-state index contributed by atoms with van der Waals surface area (Å²) < 4.78 is 33.3. The monoisotopic (exact) mass is 393 g/mol. The van der Waals surface area contributed by atoms with Crippen molar-refractivity contribution in [2.45, 2.75) is 20.3 Å². The maximum atomic E-state index is 12.2. The van der Waals surface area contributed by atoms with Gasteiger partial charge in [-0.1, -0.05) is 19.1 Å². The molecule has 0 bridgehead atoms. The van der Waals surface area contributed by atoms with Gasteiger partial charge in [-0.2, -0.15) is 13.4 Å². The van der Waals surface area contributed by atoms with Crippen LogP contribution in [-0.4, -0.2) is 37.3 Å². The fourth-order valence-electron chi connectivity index (χ4n) is 2.13. The van der Waals surface area contributed by atoms with Crippen LogP contribution in [0.4, 0.5) is 16.4 Å². The molecule has 1 aromatic carbocycles. The predicted molar refractivity (Wildman–Crippen MR) is 99.1 cm³/mol. The number of nitrogens with one attached hydrogen (secondary N) is 3. The van der Waals surface area contributed by atoms with E-state index in [2.05, 4.69) is 20.0 Å². The van der Waals surface area contributed by atoms with Gasteiger partial charge in [-0.25, -0.2) is 14.5 Å². The highest BCUT2D eigenvalue weighted by Crippen LogP contribution is 2.18. The highest BCUT2D eigenvalue weighted by molar-refractivity contribution is 7.91. The lowest BCUT2D eigenvalue weighted by Gasteiger charge is -2.12. The van der Waals surface area contributed by atoms with Crippen molar-refractivity contribution in [3.05, 3.63) is 41.6 Å². The second-order valence-corrected chi connectivity index (χ2v) is 6.77. The Morgan fingerprint density at radius 2 is 1.89 bits per heavy atom. The van der Waals surface area contributed by atoms with Crippen LogP contribution >= 0.6 is 0 Å². The Morgan fingerprint density at radius 3 is 2.56 bits per heavy atom. The van der Waals surface area contributed by atoms with Crippen LogP contribution in [0.15, 0.2) is 30.3 Å². The first-order chi connectivity index (χ1) is 12.7. The first-order valence-corrected chi connectivity index (χ1v) is 9.36. The van der Waals surface area contributed by atoms with Crippen LogP contribution in [0.25, 0.3) is 0 Å². The molecule has 0 unspecified atom stereocenters. The summed E-state index contributed by atoms with van der Waals surface area (Å²) in [6, 6.07) is 6.57. The molecule has 0 aliphatic heterocycles. The van der Waals surface area contributed by atoms with E-state index in [-0.39, 0.29) is 35.3 Å². The lowest BCUT2D eigenvalue weighted by Crippen LogP contribution is -2.38. The molecule has 0 saturated heterocycles. The maximum Gasteiger partial charge on any atom is 0.336 e. The molecule has 2 rings (SSSR count). The quantitative estimate of drug-likeness (QED) is 0.610. The number of amides is 2. The summed E-state index contributed by atoms with van der Waals surface area (Å²) in [5, 5.41) is 2.21. The Balaban J connectivity index is 2.12. The van der Waals surface area contributed by atoms with Gasteiger partial charge >= 0.3 is 16.2 Å². The standard InChI is InChI=1S/C16H19N5O5S/c1-4-13(22)11-7-5-6-8-12(11)20-27(24,25)21-16(23)19-15-17-10(2)9-14(18-15)26-3/h5-9,20H,4H2,1-3H3,(H2,17,18,19,21,23). The maximum absolute atomic E-state index is 12.2. The molecule has 0 aliphatic rings. The Kier molecular flexibility index (Phi) is 6.29. The number of urea groups is 1. The highest BCUT2D eigenvalue weighted by Gasteiger charge is 2.18. The summed E-state index contributed by atoms with van der Waals surface area (Å²) >= 11 is 0. The summed E-state index contributed by atoms with van der Waals surface area (Å²) in [6.45, 7) is 3.32. The van der Waals surface area contributed by atoms with E-state index in [4.69, 9.17) is 4.74 Å². The Bertz CT molecular complexity index is 961. The number of ether oxygens (including phenoxy) is 1. The second-order valence-electron chi connectivity index (χ2n) is 5.36. The third-order valence-electron chi connectivity index (χ3n) is 3.29. The number of anilines is 2. The number of carbonyl (C=O) groups excluding carboxylic acids is 2. The first kappa shape index (κ1) is 20.1. The number of Topliss-reactive ketones (excluding diaryl/α,β-unsaturated/α-hetero) is 1. The smallest absolute Gasteiger partial charge is 0.336 e. The summed E-state index contributed by atoms with van der Waals surface area (Å²) in [5.41, 5.74) is 0.792. The van der Waals surface area contributed by atoms with E-state index in [1.54, 1.807) is 36.8 Å². The van der Waals surface area contributed by atoms with E-state index >= 15 is 0 Å². The molecule has 1 aromatic heterocycles. The fourth-order valence-corrected chi connectivity index (χ4v) is 2.94. The van der Waals surface area contributed by atoms with Crippen LogP contribution in [0.5, 0.6) is 5.88 Å². The van der Waals surface area contributed by atoms with E-state index in [0.29, 0.717) is 5.69 Å². The van der Waals surface area contributed by atoms with Gasteiger partial charge in [0.05, 0.1) is 12.8 Å². The van der Waals surface area contributed by atoms with Crippen LogP contribution in [-0.2, 0) is 10.2 Å². The third-order valence-corrected chi connectivity index (χ3v) is 4.23. The van der Waals surface area contributed by atoms with Crippen LogP contribution < -0.4 is 19.5 Å². The summed E-state index contributed by atoms with van der Waals surface area (Å²) in [6.07, 6.45) is 0.208. The van der Waals surface area contributed by atoms with E-state index in [1.807, 2.05) is 0 Å². The molecule has 0 fully saturated rings. The minimum absolute atomic E-state index is 0.0677. The van der Waals surface area contributed by atoms with Gasteiger partial charge < -0.3 is 4.74 Å². The average molecular weight is 393 g/mol. The van der Waals surface area contributed by atoms with Gasteiger partial charge in [0, 0.05) is 23.7 Å². The molecule has 0 radical (unpaired) electrons. The normalized spacial score (nSPS) is 10.8. The van der Waals surface area contributed by atoms with Gasteiger partial charge in [0.15, 0.2) is 5.78 Å². The predicted octanol–water partition coefficient (Wildman–Crippen LogP) is 1.86. The van der Waals surface area contributed by atoms with E-state index in [9.17, 15) is 18.0 Å². The van der Waals surface area contributed by atoms with E-state index < -0.39 is 16.2 Å². The molecule has 0 saturated carbocycles. The summed E-state index contributed by atoms with van der Waals surface area (Å²) in [7, 11) is -2.90. The second kappa shape index (κ2) is 8.45. The van der Waals surface area contributed by atoms with Gasteiger partial charge in [-0.15, -0.1) is 0 Å². The number of benzene rings is 1. The minimum atomic E-state index is -4.30. The molecular weight excluding hydrogens is 374 g/mol. The minimum Gasteiger partial charge on any atom is -0.481 e. The SMILES string of the molecule is CCC(=O)c1ccccc1NS(=O)(=O)NC(=O)Nc1nc(C)cc(OC)n1. The zero-order chi connectivity index (χ0) is 20.0. The van der Waals surface area contributed by atoms with Crippen molar-refractivity contribution in [3.8, 4) is 5.88 Å². The number of para-hydroxylation sites is 1. The van der Waals surface area contributed by atoms with Crippen LogP contribution in [0.2, 0.25) is 0 Å². The molecule has 0 spiro atoms. The number of aromatic nitrogens is 2. The van der Waals surface area contributed by atoms with Crippen LogP contribution in [0.3, 0.4) is 0 Å². The van der Waals surface area contributed by atoms with Crippen molar-refractivity contribution in [2.75, 3.05) is 17.1 Å². The van der Waals surface area contributed by atoms with Crippen molar-refractivity contribution in [1.82, 2.24) is 14.7 Å². The molecule has 0 atom stereocenters. The van der Waals surface area contributed by atoms with Crippen molar-refractivity contribution < 1.29 is 22.7 Å². The van der Waals surface area contributed by atoms with Crippen molar-refractivity contribution in [1.29, 1.82) is 0 Å². The van der Waals surface area contributed by atoms with Crippen molar-refractivity contribution in [2.24, 2.45) is 0 Å². The molecule has 3 N–H and O–H groups in total. The molecule has 0 aliphatic carbocycles. The number of nitrogens with zero attached hydrogens (tertiary/aromatic N) is 2. The lowest BCUT2D eigenvalue weighted by atomic mass is 10.1. The van der Waals surface area contributed by atoms with Crippen molar-refractivity contribution in [3.63, 3.8) is 0 Å². The summed E-state index contributed by atoms with van der Waals surface area (Å²) in [5.74, 6) is -0.148. The topological polar surface area (TPSA) is 139 Å². The largest absolute Gasteiger partial charge is 0.481 e. The highest BCUT2D eigenvalue weighted by atomic mass is 32.2. The summed E-state index contributed by atoms with van der Waals surface area (Å²) in [4.78, 5) is 31.7. The Hall–Kier alpha value is -3.21. The molecule has 2 amide bonds. The Morgan fingerprint density at radius 1 is 1.19 bits per heavy atom. The Labute approximate surface area is 156 Å². The van der Waals surface area contributed by atoms with Crippen LogP contribution in [0, 0.1) is 6.92 Å². The average Bonchev–Trinajstić information content (AvgIpc) is 2.59. The number of carbonyl (C=O) groups is 2. The van der Waals surface area contributed by atoms with E-state index in [0.717, 1.165) is 0 Å². The third kappa shape index (κ3) is 5.64. The van der Waals surface area contributed by atoms with Gasteiger partial charge in [-0.05, 0) is 19.1 Å². The number of methoxy groups -OCH3 is 1. The molecule has 27 heavy (non-hydrogen) atoms. The number of hydrogen-bond acceptors (Lipinski definition) is 7. The molecule has 144 valence electrons. The lowest BCUT2D eigenvalue weighted by molar-refractivity contribution is 0.0989. The van der Waals surface area contributed by atoms with E-state index in [1.165, 1.54) is 19.2 Å². The van der Waals surface area contributed by atoms with Gasteiger partial charge in [0.1, 0.15) is 0 Å². The van der Waals surface area contributed by atoms with Crippen LogP contribution in [0.1, 0.15) is 29.4 Å². The molecule has 11 heteroatoms. The fraction of sp³-hybridized carbons (Fsp3) is 0.250.